The summed E-state index contributed by atoms with van der Waals surface area (Å²) in [6.07, 6.45) is 2.09. The van der Waals surface area contributed by atoms with Crippen LogP contribution in [0.4, 0.5) is 10.6 Å². The molecular weight excluding hydrogens is 378 g/mol. The molecule has 1 aromatic rings. The zero-order valence-corrected chi connectivity index (χ0v) is 17.6. The molecule has 0 fully saturated rings. The molecule has 148 valence electrons. The first-order valence-electron chi connectivity index (χ1n) is 8.33. The van der Waals surface area contributed by atoms with E-state index in [-0.39, 0.29) is 17.5 Å². The number of halogens is 1. The largest absolute Gasteiger partial charge is 0.442 e. The van der Waals surface area contributed by atoms with Crippen LogP contribution in [-0.4, -0.2) is 52.4 Å². The average Bonchev–Trinajstić information content (AvgIpc) is 2.43. The molecule has 0 saturated carbocycles. The number of ether oxygens (including phenoxy) is 1. The molecule has 9 heteroatoms. The van der Waals surface area contributed by atoms with Gasteiger partial charge in [-0.2, -0.15) is 0 Å². The van der Waals surface area contributed by atoms with Crippen molar-refractivity contribution in [3.63, 3.8) is 0 Å². The summed E-state index contributed by atoms with van der Waals surface area (Å²) in [6, 6.07) is 3.39. The number of hydrogen-bond acceptors (Lipinski definition) is 6. The molecule has 7 nitrogen and oxygen atoms in total. The highest BCUT2D eigenvalue weighted by Crippen LogP contribution is 2.20. The molecule has 1 atom stereocenters. The van der Waals surface area contributed by atoms with Crippen molar-refractivity contribution < 1.29 is 18.8 Å². The Bertz CT molecular complexity index is 740. The summed E-state index contributed by atoms with van der Waals surface area (Å²) in [5.41, 5.74) is -0.0191. The molecule has 0 aromatic carbocycles. The molecular formula is C17H28ClN3O4S. The van der Waals surface area contributed by atoms with E-state index in [9.17, 15) is 9.00 Å². The van der Waals surface area contributed by atoms with Crippen LogP contribution in [0.25, 0.3) is 0 Å². The first kappa shape index (κ1) is 22.7. The van der Waals surface area contributed by atoms with Gasteiger partial charge in [0.2, 0.25) is 0 Å². The molecule has 1 aromatic heterocycles. The van der Waals surface area contributed by atoms with Crippen molar-refractivity contribution in [3.05, 3.63) is 22.8 Å². The summed E-state index contributed by atoms with van der Waals surface area (Å²) in [4.78, 5) is 18.0. The molecule has 0 aliphatic rings. The average molecular weight is 406 g/mol. The molecule has 1 unspecified atom stereocenters. The molecule has 0 saturated heterocycles. The smallest absolute Gasteiger partial charge is 0.442 e. The lowest BCUT2D eigenvalue weighted by Crippen LogP contribution is -2.23. The number of pyridine rings is 1. The predicted octanol–water partition coefficient (Wildman–Crippen LogP) is 3.48. The lowest BCUT2D eigenvalue weighted by Gasteiger charge is -2.19. The highest BCUT2D eigenvalue weighted by Gasteiger charge is 2.18. The predicted molar refractivity (Wildman–Crippen MR) is 105 cm³/mol. The summed E-state index contributed by atoms with van der Waals surface area (Å²) in [7, 11) is -0.955. The summed E-state index contributed by atoms with van der Waals surface area (Å²) in [5, 5.41) is 9.15. The fourth-order valence-corrected chi connectivity index (χ4v) is 3.60. The van der Waals surface area contributed by atoms with Gasteiger partial charge >= 0.3 is 6.09 Å². The van der Waals surface area contributed by atoms with E-state index in [4.69, 9.17) is 21.4 Å². The van der Waals surface area contributed by atoms with Crippen LogP contribution in [0.15, 0.2) is 16.5 Å². The molecule has 1 rings (SSSR count). The lowest BCUT2D eigenvalue weighted by atomic mass is 10.2. The molecule has 26 heavy (non-hydrogen) atoms. The maximum absolute atomic E-state index is 12.7. The molecule has 0 radical (unpaired) electrons. The van der Waals surface area contributed by atoms with E-state index in [1.165, 1.54) is 6.26 Å². The topological polar surface area (TPSA) is 92.1 Å². The minimum Gasteiger partial charge on any atom is -0.442 e. The van der Waals surface area contributed by atoms with Crippen LogP contribution in [0, 0.1) is 0 Å². The zero-order chi connectivity index (χ0) is 20.0. The Kier molecular flexibility index (Phi) is 8.30. The second kappa shape index (κ2) is 9.53. The monoisotopic (exact) mass is 405 g/mol. The van der Waals surface area contributed by atoms with Crippen LogP contribution in [0.5, 0.6) is 0 Å². The van der Waals surface area contributed by atoms with Crippen LogP contribution in [0.2, 0.25) is 5.15 Å². The third kappa shape index (κ3) is 8.82. The number of unbranched alkanes of at least 4 members (excludes halogenated alkanes) is 1. The van der Waals surface area contributed by atoms with Crippen molar-refractivity contribution in [1.82, 2.24) is 4.98 Å². The quantitative estimate of drug-likeness (QED) is 0.551. The lowest BCUT2D eigenvalue weighted by molar-refractivity contribution is 0.0607. The number of carbonyl (C=O) groups excluding carboxylic acids is 1. The number of amides is 1. The highest BCUT2D eigenvalue weighted by molar-refractivity contribution is 7.92. The van der Waals surface area contributed by atoms with E-state index in [2.05, 4.69) is 9.35 Å². The SMILES string of the molecule is CN(CCCCO)c1cc(CS(C)(=O)=NC(=O)OC(C)(C)C)cc(Cl)n1. The Morgan fingerprint density at radius 1 is 1.38 bits per heavy atom. The van der Waals surface area contributed by atoms with Crippen LogP contribution < -0.4 is 4.90 Å². The van der Waals surface area contributed by atoms with E-state index in [0.717, 1.165) is 6.42 Å². The van der Waals surface area contributed by atoms with Crippen molar-refractivity contribution in [2.45, 2.75) is 45.0 Å². The maximum atomic E-state index is 12.7. The van der Waals surface area contributed by atoms with Gasteiger partial charge in [0.15, 0.2) is 0 Å². The van der Waals surface area contributed by atoms with Gasteiger partial charge in [-0.3, -0.25) is 0 Å². The van der Waals surface area contributed by atoms with Crippen molar-refractivity contribution in [2.24, 2.45) is 4.36 Å². The Morgan fingerprint density at radius 2 is 2.04 bits per heavy atom. The minimum absolute atomic E-state index is 0.0615. The first-order chi connectivity index (χ1) is 11.9. The number of rotatable bonds is 7. The van der Waals surface area contributed by atoms with Gasteiger partial charge in [-0.1, -0.05) is 11.6 Å². The molecule has 1 amide bonds. The van der Waals surface area contributed by atoms with Crippen LogP contribution >= 0.6 is 11.6 Å². The van der Waals surface area contributed by atoms with Crippen molar-refractivity contribution >= 4 is 33.2 Å². The Morgan fingerprint density at radius 3 is 2.62 bits per heavy atom. The number of nitrogens with zero attached hydrogens (tertiary/aromatic N) is 3. The number of aliphatic hydroxyl groups excluding tert-OH is 1. The van der Waals surface area contributed by atoms with Crippen molar-refractivity contribution in [3.8, 4) is 0 Å². The Balaban J connectivity index is 2.95. The van der Waals surface area contributed by atoms with Gasteiger partial charge in [0, 0.05) is 26.5 Å². The summed E-state index contributed by atoms with van der Waals surface area (Å²) in [5.74, 6) is 0.698. The summed E-state index contributed by atoms with van der Waals surface area (Å²) >= 11 is 6.08. The highest BCUT2D eigenvalue weighted by atomic mass is 35.5. The normalized spacial score (nSPS) is 13.8. The number of aliphatic hydroxyl groups is 1. The van der Waals surface area contributed by atoms with E-state index >= 15 is 0 Å². The van der Waals surface area contributed by atoms with Gasteiger partial charge in [-0.15, -0.1) is 4.36 Å². The zero-order valence-electron chi connectivity index (χ0n) is 16.0. The van der Waals surface area contributed by atoms with E-state index in [0.29, 0.717) is 24.3 Å². The number of carbonyl (C=O) groups is 1. The Labute approximate surface area is 160 Å². The van der Waals surface area contributed by atoms with Crippen LogP contribution in [0.1, 0.15) is 39.2 Å². The summed E-state index contributed by atoms with van der Waals surface area (Å²) < 4.78 is 21.5. The second-order valence-electron chi connectivity index (χ2n) is 7.18. The molecule has 1 heterocycles. The standard InChI is InChI=1S/C17H28ClN3O4S/c1-17(2,3)25-16(23)20-26(5,24)12-13-10-14(18)19-15(11-13)21(4)8-6-7-9-22/h10-11,22H,6-9,12H2,1-5H3. The Hall–Kier alpha value is -1.38. The van der Waals surface area contributed by atoms with Gasteiger partial charge in [-0.25, -0.2) is 14.0 Å². The molecule has 0 aliphatic heterocycles. The first-order valence-corrected chi connectivity index (χ1v) is 10.8. The van der Waals surface area contributed by atoms with Crippen LogP contribution in [-0.2, 0) is 20.2 Å². The van der Waals surface area contributed by atoms with Gasteiger partial charge in [0.05, 0.1) is 15.5 Å². The molecule has 1 N–H and O–H groups in total. The third-order valence-electron chi connectivity index (χ3n) is 3.23. The van der Waals surface area contributed by atoms with Gasteiger partial charge in [0.1, 0.15) is 16.6 Å². The van der Waals surface area contributed by atoms with Crippen LogP contribution in [0.3, 0.4) is 0 Å². The summed E-state index contributed by atoms with van der Waals surface area (Å²) in [6.45, 7) is 6.02. The van der Waals surface area contributed by atoms with Crippen molar-refractivity contribution in [1.29, 1.82) is 0 Å². The second-order valence-corrected chi connectivity index (χ2v) is 9.96. The number of hydrogen-bond donors (Lipinski definition) is 1. The van der Waals surface area contributed by atoms with Gasteiger partial charge < -0.3 is 14.7 Å². The molecule has 0 spiro atoms. The van der Waals surface area contributed by atoms with Gasteiger partial charge in [-0.05, 0) is 51.3 Å². The van der Waals surface area contributed by atoms with Gasteiger partial charge in [0.25, 0.3) is 0 Å². The van der Waals surface area contributed by atoms with Crippen molar-refractivity contribution in [2.75, 3.05) is 31.4 Å². The fraction of sp³-hybridized carbons (Fsp3) is 0.647. The minimum atomic E-state index is -2.82. The van der Waals surface area contributed by atoms with E-state index in [1.807, 2.05) is 11.9 Å². The van der Waals surface area contributed by atoms with E-state index < -0.39 is 21.4 Å². The fourth-order valence-electron chi connectivity index (χ4n) is 2.17. The van der Waals surface area contributed by atoms with E-state index in [1.54, 1.807) is 32.9 Å². The molecule has 0 aliphatic carbocycles. The number of anilines is 1. The molecule has 0 bridgehead atoms. The maximum Gasteiger partial charge on any atom is 0.442 e. The number of aromatic nitrogens is 1. The third-order valence-corrected chi connectivity index (χ3v) is 4.83.